The molecule has 13 nitrogen and oxygen atoms in total. The van der Waals surface area contributed by atoms with Crippen molar-refractivity contribution in [1.29, 1.82) is 0 Å². The van der Waals surface area contributed by atoms with Crippen LogP contribution in [0.15, 0.2) is 48.5 Å². The van der Waals surface area contributed by atoms with Crippen LogP contribution in [0.5, 0.6) is 0 Å². The number of rotatable bonds is 6. The molecule has 316 valence electrons. The van der Waals surface area contributed by atoms with E-state index in [2.05, 4.69) is 0 Å². The molecule has 0 radical (unpaired) electrons. The number of carbonyl (C=O) groups excluding carboxylic acids is 8. The van der Waals surface area contributed by atoms with Gasteiger partial charge in [-0.3, -0.25) is 58.0 Å². The molecule has 0 N–H and O–H groups in total. The summed E-state index contributed by atoms with van der Waals surface area (Å²) in [6.07, 6.45) is -11.4. The van der Waals surface area contributed by atoms with Crippen molar-refractivity contribution in [3.8, 4) is 0 Å². The number of imide groups is 4. The van der Waals surface area contributed by atoms with E-state index in [1.165, 1.54) is 24.3 Å². The Bertz CT molecular complexity index is 2220. The standard InChI is InChI=1S/C42H32F6N4O9/c43-41(44,45)39-27-19-13-20(24-23(19)35(57)51(36(24)58)11-9-49-31(53)15-5-1-2-6-16(15)32(49)54)28(27)40(61-39,42(46,47)48)30-22-14-21(29(30)39)25-26(22)38(60)52(37(25)59)12-10-50-33(55)17-7-3-4-8-18(17)34(50)56/h1-8,19-30H,9-14H2/t19-,20-,21+,22+,23-,24?,25+,26?,27+,28?,29-,30?,39?,40?. The van der Waals surface area contributed by atoms with Gasteiger partial charge < -0.3 is 4.74 Å². The van der Waals surface area contributed by atoms with E-state index in [0.29, 0.717) is 0 Å². The third-order valence-electron chi connectivity index (χ3n) is 16.6. The molecule has 4 saturated heterocycles. The molecule has 6 heterocycles. The SMILES string of the molecule is O=C1c2ccccc2C(=O)N1CCN1C(=O)C2[C@@H]3C[C@@H]([C@@H]2C1=O)[C@@H]1C3C2(C(F)(F)F)OC1(C(F)(F)F)[C@@H]1C2[C@@H]2C[C@@H]1[C@H]1C(=O)N(CCN3C(=O)c4ccccc4C3=O)C(=O)C21. The molecular weight excluding hydrogens is 818 g/mol. The van der Waals surface area contributed by atoms with Gasteiger partial charge in [0.25, 0.3) is 23.6 Å². The van der Waals surface area contributed by atoms with Crippen LogP contribution in [0.25, 0.3) is 0 Å². The summed E-state index contributed by atoms with van der Waals surface area (Å²) in [4.78, 5) is 112. The van der Waals surface area contributed by atoms with Crippen molar-refractivity contribution in [3.05, 3.63) is 70.8 Å². The average molecular weight is 851 g/mol. The Morgan fingerprint density at radius 3 is 0.934 bits per heavy atom. The minimum atomic E-state index is -5.43. The van der Waals surface area contributed by atoms with Crippen LogP contribution in [0.4, 0.5) is 26.3 Å². The van der Waals surface area contributed by atoms with E-state index < -0.39 is 168 Å². The number of ether oxygens (including phenoxy) is 1. The maximum absolute atomic E-state index is 16.1. The van der Waals surface area contributed by atoms with Crippen molar-refractivity contribution in [2.75, 3.05) is 26.2 Å². The fourth-order valence-electron chi connectivity index (χ4n) is 15.0. The first kappa shape index (κ1) is 37.3. The second-order valence-electron chi connectivity index (χ2n) is 18.3. The van der Waals surface area contributed by atoms with E-state index in [0.717, 1.165) is 19.6 Å². The Morgan fingerprint density at radius 1 is 0.443 bits per heavy atom. The Kier molecular flexibility index (Phi) is 6.92. The van der Waals surface area contributed by atoms with Crippen molar-refractivity contribution in [2.24, 2.45) is 71.0 Å². The molecular formula is C42H32F6N4O9. The van der Waals surface area contributed by atoms with Crippen LogP contribution >= 0.6 is 0 Å². The molecule has 2 aromatic rings. The zero-order valence-corrected chi connectivity index (χ0v) is 31.5. The van der Waals surface area contributed by atoms with Gasteiger partial charge in [0.05, 0.1) is 45.9 Å². The van der Waals surface area contributed by atoms with Crippen LogP contribution in [0.3, 0.4) is 0 Å². The number of benzene rings is 2. The lowest BCUT2D eigenvalue weighted by Crippen LogP contribution is -2.66. The minimum Gasteiger partial charge on any atom is -0.348 e. The molecule has 4 aliphatic carbocycles. The molecule has 10 aliphatic rings. The van der Waals surface area contributed by atoms with Gasteiger partial charge in [-0.2, -0.15) is 26.3 Å². The van der Waals surface area contributed by atoms with Gasteiger partial charge in [0, 0.05) is 49.9 Å². The number of halogens is 6. The van der Waals surface area contributed by atoms with E-state index in [4.69, 9.17) is 4.74 Å². The zero-order valence-electron chi connectivity index (χ0n) is 31.5. The predicted molar refractivity (Wildman–Crippen MR) is 187 cm³/mol. The van der Waals surface area contributed by atoms with Crippen LogP contribution < -0.4 is 0 Å². The summed E-state index contributed by atoms with van der Waals surface area (Å²) in [7, 11) is 0. The molecule has 8 fully saturated rings. The summed E-state index contributed by atoms with van der Waals surface area (Å²) in [6, 6.07) is 11.9. The van der Waals surface area contributed by atoms with Gasteiger partial charge in [-0.25, -0.2) is 0 Å². The van der Waals surface area contributed by atoms with Crippen LogP contribution in [-0.2, 0) is 23.9 Å². The molecule has 8 amide bonds. The number of hydrogen-bond donors (Lipinski definition) is 0. The number of fused-ring (bicyclic) bond motifs is 24. The van der Waals surface area contributed by atoms with Crippen LogP contribution in [0, 0.1) is 71.0 Å². The van der Waals surface area contributed by atoms with Gasteiger partial charge in [-0.1, -0.05) is 24.3 Å². The minimum absolute atomic E-state index is 0.112. The third-order valence-corrected chi connectivity index (χ3v) is 16.6. The number of hydrogen-bond acceptors (Lipinski definition) is 9. The molecule has 19 heteroatoms. The fraction of sp³-hybridized carbons (Fsp3) is 0.524. The average Bonchev–Trinajstić information content (AvgIpc) is 4.10. The van der Waals surface area contributed by atoms with Gasteiger partial charge in [0.15, 0.2) is 11.2 Å². The topological polar surface area (TPSA) is 159 Å². The molecule has 0 aromatic heterocycles. The molecule has 4 saturated carbocycles. The first-order chi connectivity index (χ1) is 28.9. The smallest absolute Gasteiger partial charge is 0.348 e. The van der Waals surface area contributed by atoms with Crippen molar-refractivity contribution in [3.63, 3.8) is 0 Å². The van der Waals surface area contributed by atoms with Gasteiger partial charge >= 0.3 is 12.4 Å². The first-order valence-corrected chi connectivity index (χ1v) is 20.3. The number of likely N-dealkylation sites (tertiary alicyclic amines) is 2. The molecule has 0 spiro atoms. The molecule has 2 aromatic carbocycles. The Balaban J connectivity index is 0.864. The van der Waals surface area contributed by atoms with Crippen LogP contribution in [0.2, 0.25) is 0 Å². The lowest BCUT2D eigenvalue weighted by molar-refractivity contribution is -0.329. The molecule has 14 atom stereocenters. The molecule has 12 rings (SSSR count). The maximum Gasteiger partial charge on any atom is 0.418 e. The molecule has 6 unspecified atom stereocenters. The lowest BCUT2D eigenvalue weighted by Gasteiger charge is -2.53. The monoisotopic (exact) mass is 850 g/mol. The van der Waals surface area contributed by atoms with Crippen LogP contribution in [-0.4, -0.2) is 117 Å². The van der Waals surface area contributed by atoms with Crippen LogP contribution in [0.1, 0.15) is 54.3 Å². The number of amides is 8. The predicted octanol–water partition coefficient (Wildman–Crippen LogP) is 3.19. The van der Waals surface area contributed by atoms with Gasteiger partial charge in [-0.15, -0.1) is 0 Å². The first-order valence-electron chi connectivity index (χ1n) is 20.3. The van der Waals surface area contributed by atoms with Crippen molar-refractivity contribution in [2.45, 2.75) is 36.4 Å². The van der Waals surface area contributed by atoms with E-state index in [1.54, 1.807) is 24.3 Å². The summed E-state index contributed by atoms with van der Waals surface area (Å²) in [5, 5.41) is 0. The number of nitrogens with zero attached hydrogens (tertiary/aromatic N) is 4. The number of carbonyl (C=O) groups is 8. The maximum atomic E-state index is 16.1. The second kappa shape index (κ2) is 11.3. The lowest BCUT2D eigenvalue weighted by atomic mass is 9.46. The highest BCUT2D eigenvalue weighted by Gasteiger charge is 2.97. The Morgan fingerprint density at radius 2 is 0.689 bits per heavy atom. The van der Waals surface area contributed by atoms with Gasteiger partial charge in [-0.05, 0) is 60.8 Å². The normalized spacial score (nSPS) is 41.0. The fourth-order valence-corrected chi connectivity index (χ4v) is 15.0. The molecule has 6 aliphatic heterocycles. The summed E-state index contributed by atoms with van der Waals surface area (Å²) in [5.74, 6) is -24.8. The third kappa shape index (κ3) is 3.98. The van der Waals surface area contributed by atoms with E-state index in [-0.39, 0.29) is 35.1 Å². The summed E-state index contributed by atoms with van der Waals surface area (Å²) in [6.45, 7) is -1.85. The van der Waals surface area contributed by atoms with E-state index >= 15 is 26.3 Å². The summed E-state index contributed by atoms with van der Waals surface area (Å²) >= 11 is 0. The quantitative estimate of drug-likeness (QED) is 0.315. The Hall–Kier alpha value is -5.46. The largest absolute Gasteiger partial charge is 0.418 e. The second-order valence-corrected chi connectivity index (χ2v) is 18.3. The highest BCUT2D eigenvalue weighted by molar-refractivity contribution is 6.22. The summed E-state index contributed by atoms with van der Waals surface area (Å²) in [5.41, 5.74) is -6.47. The highest BCUT2D eigenvalue weighted by Crippen LogP contribution is 2.86. The van der Waals surface area contributed by atoms with Crippen molar-refractivity contribution >= 4 is 47.3 Å². The highest BCUT2D eigenvalue weighted by atomic mass is 19.4. The zero-order chi connectivity index (χ0) is 42.8. The Labute approximate surface area is 340 Å². The van der Waals surface area contributed by atoms with Gasteiger partial charge in [0.2, 0.25) is 23.6 Å². The van der Waals surface area contributed by atoms with Crippen molar-refractivity contribution < 1.29 is 69.4 Å². The molecule has 6 bridgehead atoms. The van der Waals surface area contributed by atoms with E-state index in [1.807, 2.05) is 0 Å². The van der Waals surface area contributed by atoms with Gasteiger partial charge in [0.1, 0.15) is 0 Å². The summed E-state index contributed by atoms with van der Waals surface area (Å²) < 4.78 is 102. The number of alkyl halides is 6. The van der Waals surface area contributed by atoms with E-state index in [9.17, 15) is 38.4 Å². The van der Waals surface area contributed by atoms with Crippen molar-refractivity contribution in [1.82, 2.24) is 19.6 Å². The molecule has 61 heavy (non-hydrogen) atoms.